The largest absolute Gasteiger partial charge is 0.478 e. The van der Waals surface area contributed by atoms with E-state index in [9.17, 15) is 9.59 Å². The van der Waals surface area contributed by atoms with Gasteiger partial charge in [0.1, 0.15) is 0 Å². The van der Waals surface area contributed by atoms with Crippen LogP contribution >= 0.6 is 11.3 Å². The Kier molecular flexibility index (Phi) is 3.22. The minimum Gasteiger partial charge on any atom is -0.478 e. The maximum absolute atomic E-state index is 10.1. The lowest BCUT2D eigenvalue weighted by atomic mass is 10.4. The molecule has 0 bridgehead atoms. The highest BCUT2D eigenvalue weighted by Gasteiger charge is 1.97. The molecule has 1 aromatic heterocycles. The second-order valence-corrected chi connectivity index (χ2v) is 3.12. The summed E-state index contributed by atoms with van der Waals surface area (Å²) >= 11 is 1.20. The van der Waals surface area contributed by atoms with E-state index in [4.69, 9.17) is 5.11 Å². The maximum Gasteiger partial charge on any atom is 0.328 e. The van der Waals surface area contributed by atoms with Gasteiger partial charge in [0.2, 0.25) is 0 Å². The van der Waals surface area contributed by atoms with Crippen LogP contribution in [0.4, 0.5) is 0 Å². The second-order valence-electron chi connectivity index (χ2n) is 2.04. The van der Waals surface area contributed by atoms with Gasteiger partial charge in [-0.15, -0.1) is 0 Å². The third-order valence-corrected chi connectivity index (χ3v) is 2.10. The zero-order valence-electron chi connectivity index (χ0n) is 6.47. The summed E-state index contributed by atoms with van der Waals surface area (Å²) < 4.78 is 4.55. The third kappa shape index (κ3) is 3.08. The molecule has 1 heterocycles. The molecule has 0 aliphatic rings. The number of carbonyl (C=O) groups is 2. The fourth-order valence-electron chi connectivity index (χ4n) is 0.688. The van der Waals surface area contributed by atoms with Crippen molar-refractivity contribution in [2.24, 2.45) is 0 Å². The molecule has 0 aromatic carbocycles. The van der Waals surface area contributed by atoms with Crippen LogP contribution in [0.5, 0.6) is 5.06 Å². The highest BCUT2D eigenvalue weighted by Crippen LogP contribution is 2.24. The maximum atomic E-state index is 10.1. The van der Waals surface area contributed by atoms with Crippen molar-refractivity contribution in [2.75, 3.05) is 0 Å². The van der Waals surface area contributed by atoms with Crippen molar-refractivity contribution in [1.82, 2.24) is 0 Å². The van der Waals surface area contributed by atoms with Crippen LogP contribution in [0.3, 0.4) is 0 Å². The van der Waals surface area contributed by atoms with E-state index in [0.717, 1.165) is 11.0 Å². The van der Waals surface area contributed by atoms with Crippen LogP contribution in [-0.2, 0) is 9.59 Å². The summed E-state index contributed by atoms with van der Waals surface area (Å²) in [5.41, 5.74) is 0. The van der Waals surface area contributed by atoms with Gasteiger partial charge >= 0.3 is 5.97 Å². The summed E-state index contributed by atoms with van der Waals surface area (Å²) in [7, 11) is 0. The Morgan fingerprint density at radius 3 is 2.92 bits per heavy atom. The number of rotatable bonds is 4. The number of carboxylic acids is 1. The molecule has 0 saturated heterocycles. The zero-order valence-corrected chi connectivity index (χ0v) is 7.28. The lowest BCUT2D eigenvalue weighted by Crippen LogP contribution is -1.84. The monoisotopic (exact) mass is 198 g/mol. The fourth-order valence-corrected chi connectivity index (χ4v) is 1.42. The van der Waals surface area contributed by atoms with E-state index in [1.807, 2.05) is 0 Å². The minimum absolute atomic E-state index is 0.330. The van der Waals surface area contributed by atoms with E-state index in [1.165, 1.54) is 17.4 Å². The molecule has 0 amide bonds. The fraction of sp³-hybridized carbons (Fsp3) is 0. The Morgan fingerprint density at radius 2 is 2.31 bits per heavy atom. The average molecular weight is 198 g/mol. The van der Waals surface area contributed by atoms with Gasteiger partial charge in [-0.2, -0.15) is 0 Å². The smallest absolute Gasteiger partial charge is 0.328 e. The first-order valence-electron chi connectivity index (χ1n) is 3.33. The predicted octanol–water partition coefficient (Wildman–Crippen LogP) is 1.38. The van der Waals surface area contributed by atoms with E-state index < -0.39 is 5.97 Å². The summed E-state index contributed by atoms with van der Waals surface area (Å²) in [5, 5.41) is 8.76. The van der Waals surface area contributed by atoms with E-state index in [2.05, 4.69) is 4.74 Å². The molecular weight excluding hydrogens is 192 g/mol. The molecule has 0 aliphatic carbocycles. The molecule has 1 N–H and O–H groups in total. The molecule has 13 heavy (non-hydrogen) atoms. The van der Waals surface area contributed by atoms with Gasteiger partial charge in [-0.3, -0.25) is 4.79 Å². The first kappa shape index (κ1) is 9.47. The minimum atomic E-state index is -1.01. The van der Waals surface area contributed by atoms with Gasteiger partial charge in [0, 0.05) is 11.0 Å². The van der Waals surface area contributed by atoms with E-state index in [-0.39, 0.29) is 0 Å². The molecule has 0 unspecified atom stereocenters. The second kappa shape index (κ2) is 4.42. The summed E-state index contributed by atoms with van der Waals surface area (Å²) in [6.45, 7) is 0.330. The molecule has 0 radical (unpaired) electrons. The van der Waals surface area contributed by atoms with Crippen LogP contribution in [0.15, 0.2) is 18.2 Å². The van der Waals surface area contributed by atoms with Crippen LogP contribution in [0.2, 0.25) is 0 Å². The van der Waals surface area contributed by atoms with Gasteiger partial charge in [0.15, 0.2) is 5.06 Å². The molecule has 5 heteroatoms. The molecule has 1 rings (SSSR count). The Hall–Kier alpha value is -1.62. The van der Waals surface area contributed by atoms with Gasteiger partial charge in [0.25, 0.3) is 6.47 Å². The highest BCUT2D eigenvalue weighted by molar-refractivity contribution is 7.14. The van der Waals surface area contributed by atoms with Crippen molar-refractivity contribution >= 4 is 29.9 Å². The third-order valence-electron chi connectivity index (χ3n) is 1.16. The van der Waals surface area contributed by atoms with Crippen LogP contribution < -0.4 is 4.74 Å². The van der Waals surface area contributed by atoms with Crippen molar-refractivity contribution in [3.63, 3.8) is 0 Å². The molecule has 0 saturated carbocycles. The normalized spacial score (nSPS) is 10.2. The van der Waals surface area contributed by atoms with E-state index in [1.54, 1.807) is 12.1 Å². The number of aliphatic carboxylic acids is 1. The van der Waals surface area contributed by atoms with Gasteiger partial charge in [-0.25, -0.2) is 4.79 Å². The molecular formula is C8H6O4S. The average Bonchev–Trinajstić information content (AvgIpc) is 2.50. The van der Waals surface area contributed by atoms with Crippen molar-refractivity contribution in [1.29, 1.82) is 0 Å². The number of carbonyl (C=O) groups excluding carboxylic acids is 1. The highest BCUT2D eigenvalue weighted by atomic mass is 32.1. The lowest BCUT2D eigenvalue weighted by molar-refractivity contribution is -0.131. The van der Waals surface area contributed by atoms with Crippen molar-refractivity contribution in [3.8, 4) is 5.06 Å². The van der Waals surface area contributed by atoms with E-state index in [0.29, 0.717) is 11.5 Å². The summed E-state index contributed by atoms with van der Waals surface area (Å²) in [6, 6.07) is 3.27. The Labute approximate surface area is 78.1 Å². The molecule has 0 spiro atoms. The van der Waals surface area contributed by atoms with Crippen LogP contribution in [0, 0.1) is 0 Å². The Bertz CT molecular complexity index is 340. The van der Waals surface area contributed by atoms with Crippen LogP contribution in [0.1, 0.15) is 4.88 Å². The summed E-state index contributed by atoms with van der Waals surface area (Å²) in [6.07, 6.45) is 2.46. The summed E-state index contributed by atoms with van der Waals surface area (Å²) in [5.74, 6) is -1.01. The van der Waals surface area contributed by atoms with Gasteiger partial charge in [-0.05, 0) is 18.2 Å². The van der Waals surface area contributed by atoms with Crippen molar-refractivity contribution in [2.45, 2.75) is 0 Å². The SMILES string of the molecule is O=COc1ccc(/C=C/C(=O)O)s1. The molecule has 4 nitrogen and oxygen atoms in total. The van der Waals surface area contributed by atoms with Gasteiger partial charge in [-0.1, -0.05) is 11.3 Å². The Balaban J connectivity index is 2.68. The predicted molar refractivity (Wildman–Crippen MR) is 47.7 cm³/mol. The Morgan fingerprint density at radius 1 is 1.54 bits per heavy atom. The molecule has 0 fully saturated rings. The van der Waals surface area contributed by atoms with Gasteiger partial charge in [0.05, 0.1) is 0 Å². The first-order chi connectivity index (χ1) is 6.22. The summed E-state index contributed by atoms with van der Waals surface area (Å²) in [4.78, 5) is 20.8. The standard InChI is InChI=1S/C8H6O4S/c9-5-12-8-4-2-6(13-8)1-3-7(10)11/h1-5H,(H,10,11)/b3-1+. The first-order valence-corrected chi connectivity index (χ1v) is 4.15. The number of thiophene rings is 1. The lowest BCUT2D eigenvalue weighted by Gasteiger charge is -1.86. The van der Waals surface area contributed by atoms with Gasteiger partial charge < -0.3 is 9.84 Å². The number of hydrogen-bond acceptors (Lipinski definition) is 4. The van der Waals surface area contributed by atoms with Crippen LogP contribution in [0.25, 0.3) is 6.08 Å². The number of ether oxygens (including phenoxy) is 1. The molecule has 0 atom stereocenters. The van der Waals surface area contributed by atoms with E-state index >= 15 is 0 Å². The number of carboxylic acid groups (broad SMARTS) is 1. The molecule has 0 aliphatic heterocycles. The molecule has 1 aromatic rings. The van der Waals surface area contributed by atoms with Crippen molar-refractivity contribution < 1.29 is 19.4 Å². The zero-order chi connectivity index (χ0) is 9.68. The van der Waals surface area contributed by atoms with Crippen molar-refractivity contribution in [3.05, 3.63) is 23.1 Å². The quantitative estimate of drug-likeness (QED) is 0.586. The van der Waals surface area contributed by atoms with Crippen LogP contribution in [-0.4, -0.2) is 17.5 Å². The molecule has 68 valence electrons. The topological polar surface area (TPSA) is 63.6 Å². The number of hydrogen-bond donors (Lipinski definition) is 1.